The Morgan fingerprint density at radius 1 is 1.47 bits per heavy atom. The molecule has 4 nitrogen and oxygen atoms in total. The smallest absolute Gasteiger partial charge is 0.0675 e. The van der Waals surface area contributed by atoms with E-state index in [2.05, 4.69) is 10.1 Å². The number of hydrogen-bond donors (Lipinski definition) is 1. The Kier molecular flexibility index (Phi) is 2.51. The van der Waals surface area contributed by atoms with Crippen LogP contribution in [0, 0.1) is 6.92 Å². The van der Waals surface area contributed by atoms with Gasteiger partial charge in [0, 0.05) is 37.1 Å². The van der Waals surface area contributed by atoms with Crippen molar-refractivity contribution in [1.82, 2.24) is 14.8 Å². The fraction of sp³-hybridized carbons (Fsp3) is 0.273. The predicted octanol–water partition coefficient (Wildman–Crippen LogP) is 1.25. The van der Waals surface area contributed by atoms with Gasteiger partial charge in [0.25, 0.3) is 0 Å². The van der Waals surface area contributed by atoms with E-state index in [1.54, 1.807) is 6.20 Å². The highest BCUT2D eigenvalue weighted by Crippen LogP contribution is 2.25. The van der Waals surface area contributed by atoms with E-state index >= 15 is 0 Å². The van der Waals surface area contributed by atoms with Gasteiger partial charge in [0.15, 0.2) is 0 Å². The minimum absolute atomic E-state index is 0.488. The van der Waals surface area contributed by atoms with Crippen molar-refractivity contribution in [3.63, 3.8) is 0 Å². The molecule has 0 amide bonds. The van der Waals surface area contributed by atoms with E-state index in [0.29, 0.717) is 6.54 Å². The van der Waals surface area contributed by atoms with Crippen LogP contribution in [0.5, 0.6) is 0 Å². The molecule has 0 unspecified atom stereocenters. The van der Waals surface area contributed by atoms with E-state index in [1.165, 1.54) is 0 Å². The van der Waals surface area contributed by atoms with Gasteiger partial charge in [-0.3, -0.25) is 9.67 Å². The van der Waals surface area contributed by atoms with Crippen LogP contribution in [0.4, 0.5) is 0 Å². The number of aryl methyl sites for hydroxylation is 2. The zero-order chi connectivity index (χ0) is 10.8. The quantitative estimate of drug-likeness (QED) is 0.797. The minimum Gasteiger partial charge on any atom is -0.325 e. The van der Waals surface area contributed by atoms with Gasteiger partial charge in [0.1, 0.15) is 0 Å². The van der Waals surface area contributed by atoms with Crippen LogP contribution in [0.15, 0.2) is 24.5 Å². The summed E-state index contributed by atoms with van der Waals surface area (Å²) in [6.45, 7) is 2.48. The van der Waals surface area contributed by atoms with Crippen molar-refractivity contribution in [2.75, 3.05) is 0 Å². The molecule has 2 aromatic heterocycles. The summed E-state index contributed by atoms with van der Waals surface area (Å²) in [5.74, 6) is 0. The molecule has 0 aromatic carbocycles. The second kappa shape index (κ2) is 3.82. The summed E-state index contributed by atoms with van der Waals surface area (Å²) in [5.41, 5.74) is 9.93. The second-order valence-electron chi connectivity index (χ2n) is 3.48. The standard InChI is InChI=1S/C11H14N4/c1-8-11(9-4-3-5-13-7-9)10(6-12)15(2)14-8/h3-5,7H,6,12H2,1-2H3. The average molecular weight is 202 g/mol. The Hall–Kier alpha value is -1.68. The molecule has 15 heavy (non-hydrogen) atoms. The summed E-state index contributed by atoms with van der Waals surface area (Å²) < 4.78 is 1.83. The Balaban J connectivity index is 2.62. The molecule has 0 bridgehead atoms. The SMILES string of the molecule is Cc1nn(C)c(CN)c1-c1cccnc1. The maximum absolute atomic E-state index is 5.72. The number of aromatic nitrogens is 3. The van der Waals surface area contributed by atoms with Crippen molar-refractivity contribution in [2.45, 2.75) is 13.5 Å². The molecule has 0 atom stereocenters. The Morgan fingerprint density at radius 2 is 2.27 bits per heavy atom. The van der Waals surface area contributed by atoms with Crippen molar-refractivity contribution < 1.29 is 0 Å². The third kappa shape index (κ3) is 1.64. The van der Waals surface area contributed by atoms with Gasteiger partial charge in [-0.15, -0.1) is 0 Å². The van der Waals surface area contributed by atoms with Crippen molar-refractivity contribution >= 4 is 0 Å². The largest absolute Gasteiger partial charge is 0.325 e. The molecule has 78 valence electrons. The molecule has 4 heteroatoms. The van der Waals surface area contributed by atoms with Crippen molar-refractivity contribution in [2.24, 2.45) is 12.8 Å². The van der Waals surface area contributed by atoms with Gasteiger partial charge in [-0.1, -0.05) is 6.07 Å². The van der Waals surface area contributed by atoms with Gasteiger partial charge in [-0.05, 0) is 13.0 Å². The highest BCUT2D eigenvalue weighted by molar-refractivity contribution is 5.67. The summed E-state index contributed by atoms with van der Waals surface area (Å²) in [5, 5.41) is 4.37. The van der Waals surface area contributed by atoms with Gasteiger partial charge in [-0.2, -0.15) is 5.10 Å². The molecule has 0 fully saturated rings. The zero-order valence-electron chi connectivity index (χ0n) is 8.94. The zero-order valence-corrected chi connectivity index (χ0v) is 8.94. The van der Waals surface area contributed by atoms with E-state index in [4.69, 9.17) is 5.73 Å². The molecule has 0 spiro atoms. The van der Waals surface area contributed by atoms with Crippen LogP contribution in [0.3, 0.4) is 0 Å². The summed E-state index contributed by atoms with van der Waals surface area (Å²) in [6.07, 6.45) is 3.60. The number of rotatable bonds is 2. The second-order valence-corrected chi connectivity index (χ2v) is 3.48. The summed E-state index contributed by atoms with van der Waals surface area (Å²) >= 11 is 0. The van der Waals surface area contributed by atoms with Crippen molar-refractivity contribution in [1.29, 1.82) is 0 Å². The van der Waals surface area contributed by atoms with Crippen LogP contribution in [0.2, 0.25) is 0 Å². The number of nitrogens with zero attached hydrogens (tertiary/aromatic N) is 3. The number of hydrogen-bond acceptors (Lipinski definition) is 3. The molecule has 0 aliphatic rings. The van der Waals surface area contributed by atoms with E-state index in [0.717, 1.165) is 22.5 Å². The van der Waals surface area contributed by atoms with Crippen LogP contribution in [0.1, 0.15) is 11.4 Å². The molecule has 2 aromatic rings. The monoisotopic (exact) mass is 202 g/mol. The summed E-state index contributed by atoms with van der Waals surface area (Å²) in [4.78, 5) is 4.11. The van der Waals surface area contributed by atoms with Gasteiger partial charge < -0.3 is 5.73 Å². The fourth-order valence-electron chi connectivity index (χ4n) is 1.83. The molecule has 2 N–H and O–H groups in total. The lowest BCUT2D eigenvalue weighted by Gasteiger charge is -2.03. The Labute approximate surface area is 88.8 Å². The Morgan fingerprint density at radius 3 is 2.87 bits per heavy atom. The van der Waals surface area contributed by atoms with Gasteiger partial charge >= 0.3 is 0 Å². The molecule has 2 heterocycles. The summed E-state index contributed by atoms with van der Waals surface area (Å²) in [6, 6.07) is 3.94. The van der Waals surface area contributed by atoms with Gasteiger partial charge in [0.2, 0.25) is 0 Å². The lowest BCUT2D eigenvalue weighted by molar-refractivity contribution is 0.706. The maximum atomic E-state index is 5.72. The Bertz CT molecular complexity index is 459. The van der Waals surface area contributed by atoms with Crippen LogP contribution in [0.25, 0.3) is 11.1 Å². The normalized spacial score (nSPS) is 10.6. The maximum Gasteiger partial charge on any atom is 0.0675 e. The third-order valence-corrected chi connectivity index (χ3v) is 2.48. The first kappa shape index (κ1) is 9.86. The van der Waals surface area contributed by atoms with Crippen LogP contribution in [-0.2, 0) is 13.6 Å². The highest BCUT2D eigenvalue weighted by atomic mass is 15.3. The fourth-order valence-corrected chi connectivity index (χ4v) is 1.83. The minimum atomic E-state index is 0.488. The molecular weight excluding hydrogens is 188 g/mol. The van der Waals surface area contributed by atoms with E-state index in [9.17, 15) is 0 Å². The van der Waals surface area contributed by atoms with Crippen LogP contribution >= 0.6 is 0 Å². The first-order valence-corrected chi connectivity index (χ1v) is 4.87. The first-order chi connectivity index (χ1) is 7.24. The summed E-state index contributed by atoms with van der Waals surface area (Å²) in [7, 11) is 1.91. The van der Waals surface area contributed by atoms with E-state index < -0.39 is 0 Å². The van der Waals surface area contributed by atoms with Gasteiger partial charge in [-0.25, -0.2) is 0 Å². The first-order valence-electron chi connectivity index (χ1n) is 4.87. The van der Waals surface area contributed by atoms with E-state index in [-0.39, 0.29) is 0 Å². The molecule has 0 aliphatic heterocycles. The highest BCUT2D eigenvalue weighted by Gasteiger charge is 2.13. The average Bonchev–Trinajstić information content (AvgIpc) is 2.54. The topological polar surface area (TPSA) is 56.7 Å². The lowest BCUT2D eigenvalue weighted by Crippen LogP contribution is -2.05. The third-order valence-electron chi connectivity index (χ3n) is 2.48. The molecule has 0 saturated heterocycles. The van der Waals surface area contributed by atoms with Crippen LogP contribution < -0.4 is 5.73 Å². The molecule has 0 radical (unpaired) electrons. The molecular formula is C11H14N4. The molecule has 2 rings (SSSR count). The van der Waals surface area contributed by atoms with E-state index in [1.807, 2.05) is 37.0 Å². The predicted molar refractivity (Wildman–Crippen MR) is 59.1 cm³/mol. The lowest BCUT2D eigenvalue weighted by atomic mass is 10.1. The molecule has 0 aliphatic carbocycles. The number of nitrogens with two attached hydrogens (primary N) is 1. The van der Waals surface area contributed by atoms with Crippen molar-refractivity contribution in [3.8, 4) is 11.1 Å². The van der Waals surface area contributed by atoms with Crippen LogP contribution in [-0.4, -0.2) is 14.8 Å². The van der Waals surface area contributed by atoms with Gasteiger partial charge in [0.05, 0.1) is 11.4 Å². The number of pyridine rings is 1. The molecule has 0 saturated carbocycles. The van der Waals surface area contributed by atoms with Crippen molar-refractivity contribution in [3.05, 3.63) is 35.9 Å².